The van der Waals surface area contributed by atoms with Crippen molar-refractivity contribution < 1.29 is 49.1 Å². The van der Waals surface area contributed by atoms with E-state index >= 15 is 0 Å². The van der Waals surface area contributed by atoms with E-state index in [-0.39, 0.29) is 37.1 Å². The van der Waals surface area contributed by atoms with E-state index in [9.17, 15) is 39.6 Å². The van der Waals surface area contributed by atoms with Gasteiger partial charge in [-0.05, 0) is 108 Å². The summed E-state index contributed by atoms with van der Waals surface area (Å²) in [6, 6.07) is -1.03. The summed E-state index contributed by atoms with van der Waals surface area (Å²) in [5.41, 5.74) is 0. The van der Waals surface area contributed by atoms with E-state index in [1.54, 1.807) is 13.0 Å². The van der Waals surface area contributed by atoms with Crippen LogP contribution in [0.1, 0.15) is 111 Å². The maximum absolute atomic E-state index is 13.9. The Bertz CT molecular complexity index is 1220. The van der Waals surface area contributed by atoms with Crippen molar-refractivity contribution in [2.75, 3.05) is 6.54 Å². The van der Waals surface area contributed by atoms with E-state index in [0.29, 0.717) is 57.8 Å². The molecule has 0 aromatic rings. The summed E-state index contributed by atoms with van der Waals surface area (Å²) >= 11 is 0. The standard InChI is InChI=1S/C37H57NO10/c1-23-11-7-5-6-8-13-29(39)26(4)36(45)19-18-25(3)37(46,48-36)33(42)34(43)38-20-10-9-12-28(38)35(44)47-32(17-14-23)24(2)21-27-15-16-30(40)31(41)22-27/h7-8,11,13,23-28,30-32,40-41,45-46H,5-6,9-10,12,14-22H2,1-4H3/t23-,24-,25-,26+,27+,28+,30-,31-,32+,36+,37-/m1/s1. The molecule has 4 N–H and O–H groups in total. The first-order valence-electron chi connectivity index (χ1n) is 18.1. The van der Waals surface area contributed by atoms with Gasteiger partial charge < -0.3 is 34.8 Å². The van der Waals surface area contributed by atoms with E-state index in [1.165, 1.54) is 17.9 Å². The Hall–Kier alpha value is -2.44. The number of piperidine rings is 1. The lowest BCUT2D eigenvalue weighted by molar-refractivity contribution is -0.365. The Labute approximate surface area is 284 Å². The van der Waals surface area contributed by atoms with Gasteiger partial charge in [0.05, 0.1) is 18.1 Å². The van der Waals surface area contributed by atoms with Crippen LogP contribution in [0.4, 0.5) is 0 Å². The summed E-state index contributed by atoms with van der Waals surface area (Å²) in [6.45, 7) is 7.25. The lowest BCUT2D eigenvalue weighted by Crippen LogP contribution is -2.64. The summed E-state index contributed by atoms with van der Waals surface area (Å²) in [6.07, 6.45) is 12.0. The molecule has 48 heavy (non-hydrogen) atoms. The Morgan fingerprint density at radius 2 is 1.65 bits per heavy atom. The van der Waals surface area contributed by atoms with Gasteiger partial charge in [-0.15, -0.1) is 0 Å². The average Bonchev–Trinajstić information content (AvgIpc) is 3.06. The maximum atomic E-state index is 13.9. The number of fused-ring (bicyclic) bond motifs is 3. The van der Waals surface area contributed by atoms with E-state index in [0.717, 1.165) is 12.8 Å². The van der Waals surface area contributed by atoms with Crippen LogP contribution in [-0.4, -0.2) is 91.2 Å². The molecule has 3 aliphatic heterocycles. The quantitative estimate of drug-likeness (QED) is 0.196. The topological polar surface area (TPSA) is 171 Å². The number of esters is 1. The van der Waals surface area contributed by atoms with Crippen LogP contribution in [0.5, 0.6) is 0 Å². The van der Waals surface area contributed by atoms with Crippen LogP contribution in [0.25, 0.3) is 0 Å². The van der Waals surface area contributed by atoms with Crippen LogP contribution in [0.2, 0.25) is 0 Å². The molecular formula is C37H57NO10. The zero-order valence-corrected chi connectivity index (χ0v) is 29.1. The second-order valence-corrected chi connectivity index (χ2v) is 15.0. The molecule has 3 fully saturated rings. The van der Waals surface area contributed by atoms with E-state index in [4.69, 9.17) is 9.47 Å². The summed E-state index contributed by atoms with van der Waals surface area (Å²) in [5.74, 6) is -9.94. The monoisotopic (exact) mass is 675 g/mol. The molecule has 1 amide bonds. The van der Waals surface area contributed by atoms with E-state index in [2.05, 4.69) is 19.1 Å². The van der Waals surface area contributed by atoms with Gasteiger partial charge in [0.15, 0.2) is 11.6 Å². The van der Waals surface area contributed by atoms with Crippen molar-refractivity contribution >= 4 is 23.4 Å². The number of hydrogen-bond donors (Lipinski definition) is 4. The number of Topliss-reactive ketones (excluding diaryl/α,β-unsaturated/α-hetero) is 1. The molecule has 11 atom stereocenters. The number of cyclic esters (lactones) is 1. The molecule has 0 aromatic carbocycles. The molecule has 1 aliphatic carbocycles. The summed E-state index contributed by atoms with van der Waals surface area (Å²) in [5, 5.41) is 43.3. The molecule has 0 aromatic heterocycles. The largest absolute Gasteiger partial charge is 0.461 e. The minimum absolute atomic E-state index is 0.0159. The van der Waals surface area contributed by atoms with Crippen LogP contribution in [0, 0.1) is 29.6 Å². The van der Waals surface area contributed by atoms with Crippen molar-refractivity contribution in [2.45, 2.75) is 147 Å². The van der Waals surface area contributed by atoms with Gasteiger partial charge >= 0.3 is 5.97 Å². The second-order valence-electron chi connectivity index (χ2n) is 15.0. The van der Waals surface area contributed by atoms with Crippen LogP contribution < -0.4 is 0 Å². The van der Waals surface area contributed by atoms with Gasteiger partial charge in [0.2, 0.25) is 5.79 Å². The normalized spacial score (nSPS) is 40.5. The number of carbonyl (C=O) groups excluding carboxylic acids is 4. The highest BCUT2D eigenvalue weighted by Crippen LogP contribution is 2.42. The molecular weight excluding hydrogens is 618 g/mol. The van der Waals surface area contributed by atoms with Gasteiger partial charge in [0.25, 0.3) is 11.7 Å². The van der Waals surface area contributed by atoms with E-state index in [1.807, 2.05) is 6.92 Å². The molecule has 3 heterocycles. The van der Waals surface area contributed by atoms with Crippen molar-refractivity contribution in [3.63, 3.8) is 0 Å². The molecule has 2 saturated heterocycles. The van der Waals surface area contributed by atoms with Crippen molar-refractivity contribution in [1.29, 1.82) is 0 Å². The zero-order valence-electron chi connectivity index (χ0n) is 29.1. The summed E-state index contributed by atoms with van der Waals surface area (Å²) < 4.78 is 11.9. The highest BCUT2D eigenvalue weighted by molar-refractivity contribution is 6.39. The Balaban J connectivity index is 1.61. The number of allylic oxidation sites excluding steroid dienone is 4. The number of rotatable bonds is 3. The fourth-order valence-electron chi connectivity index (χ4n) is 7.72. The zero-order chi connectivity index (χ0) is 35.2. The highest BCUT2D eigenvalue weighted by Gasteiger charge is 2.58. The predicted molar refractivity (Wildman–Crippen MR) is 177 cm³/mol. The van der Waals surface area contributed by atoms with Crippen molar-refractivity contribution in [2.24, 2.45) is 29.6 Å². The van der Waals surface area contributed by atoms with Gasteiger partial charge in [-0.25, -0.2) is 4.79 Å². The molecule has 11 heteroatoms. The van der Waals surface area contributed by atoms with Crippen molar-refractivity contribution in [3.05, 3.63) is 24.3 Å². The number of ether oxygens (including phenoxy) is 2. The third kappa shape index (κ3) is 9.01. The number of ketones is 2. The molecule has 4 aliphatic rings. The minimum atomic E-state index is -2.69. The third-order valence-corrected chi connectivity index (χ3v) is 11.2. The van der Waals surface area contributed by atoms with Gasteiger partial charge in [-0.1, -0.05) is 39.0 Å². The molecule has 0 unspecified atom stereocenters. The highest BCUT2D eigenvalue weighted by atomic mass is 16.7. The number of aliphatic hydroxyl groups excluding tert-OH is 2. The van der Waals surface area contributed by atoms with Crippen LogP contribution >= 0.6 is 0 Å². The van der Waals surface area contributed by atoms with Crippen LogP contribution in [-0.2, 0) is 28.7 Å². The molecule has 0 spiro atoms. The molecule has 2 bridgehead atoms. The number of amides is 1. The fraction of sp³-hybridized carbons (Fsp3) is 0.784. The average molecular weight is 676 g/mol. The smallest absolute Gasteiger partial charge is 0.329 e. The number of hydrogen-bond acceptors (Lipinski definition) is 10. The van der Waals surface area contributed by atoms with Crippen molar-refractivity contribution in [3.8, 4) is 0 Å². The first kappa shape index (κ1) is 38.4. The predicted octanol–water partition coefficient (Wildman–Crippen LogP) is 3.75. The number of nitrogens with zero attached hydrogens (tertiary/aromatic N) is 1. The van der Waals surface area contributed by atoms with Crippen LogP contribution in [0.3, 0.4) is 0 Å². The Morgan fingerprint density at radius 1 is 0.917 bits per heavy atom. The van der Waals surface area contributed by atoms with Gasteiger partial charge in [0.1, 0.15) is 12.1 Å². The Morgan fingerprint density at radius 3 is 2.38 bits per heavy atom. The second kappa shape index (κ2) is 16.5. The van der Waals surface area contributed by atoms with Gasteiger partial charge in [-0.2, -0.15) is 0 Å². The fourth-order valence-corrected chi connectivity index (χ4v) is 7.72. The SMILES string of the molecule is C[C@@H]1C=CCCC=CC(=O)[C@H](C)[C@]2(O)CC[C@@H](C)[C@@](O)(O2)C(=O)C(=O)N2CCCC[C@H]2C(=O)O[C@H]([C@H](C)C[C@@H]2CC[C@@H](O)[C@H](O)C2)CC1. The molecule has 11 nitrogen and oxygen atoms in total. The van der Waals surface area contributed by atoms with Gasteiger partial charge in [0, 0.05) is 18.9 Å². The van der Waals surface area contributed by atoms with Gasteiger partial charge in [-0.3, -0.25) is 14.4 Å². The maximum Gasteiger partial charge on any atom is 0.329 e. The van der Waals surface area contributed by atoms with E-state index < -0.39 is 71.2 Å². The lowest BCUT2D eigenvalue weighted by Gasteiger charge is -2.47. The minimum Gasteiger partial charge on any atom is -0.461 e. The number of aliphatic hydroxyl groups is 4. The molecule has 1 saturated carbocycles. The summed E-state index contributed by atoms with van der Waals surface area (Å²) in [7, 11) is 0. The Kier molecular flexibility index (Phi) is 13.2. The third-order valence-electron chi connectivity index (χ3n) is 11.2. The van der Waals surface area contributed by atoms with Crippen molar-refractivity contribution in [1.82, 2.24) is 4.90 Å². The number of carbonyl (C=O) groups is 4. The first-order valence-corrected chi connectivity index (χ1v) is 18.1. The summed E-state index contributed by atoms with van der Waals surface area (Å²) in [4.78, 5) is 55.7. The lowest BCUT2D eigenvalue weighted by atomic mass is 9.78. The van der Waals surface area contributed by atoms with Crippen LogP contribution in [0.15, 0.2) is 24.3 Å². The molecule has 4 rings (SSSR count). The molecule has 270 valence electrons. The molecule has 0 radical (unpaired) electrons. The first-order chi connectivity index (χ1) is 22.7.